The van der Waals surface area contributed by atoms with Crippen LogP contribution in [0.1, 0.15) is 49.1 Å². The summed E-state index contributed by atoms with van der Waals surface area (Å²) >= 11 is 1.84. The number of rotatable bonds is 9. The maximum absolute atomic E-state index is 12.7. The topological polar surface area (TPSA) is 105 Å². The van der Waals surface area contributed by atoms with Gasteiger partial charge in [0, 0.05) is 24.1 Å². The Morgan fingerprint density at radius 2 is 1.71 bits per heavy atom. The smallest absolute Gasteiger partial charge is 0.407 e. The molecule has 0 spiro atoms. The van der Waals surface area contributed by atoms with E-state index in [4.69, 9.17) is 9.84 Å². The van der Waals surface area contributed by atoms with E-state index in [0.717, 1.165) is 40.8 Å². The molecule has 2 atom stereocenters. The Morgan fingerprint density at radius 3 is 2.32 bits per heavy atom. The first-order valence-electron chi connectivity index (χ1n) is 11.8. The Morgan fingerprint density at radius 1 is 1.03 bits per heavy atom. The van der Waals surface area contributed by atoms with Crippen molar-refractivity contribution in [2.75, 3.05) is 18.9 Å². The number of aliphatic carboxylic acids is 1. The Kier molecular flexibility index (Phi) is 8.11. The van der Waals surface area contributed by atoms with E-state index in [0.29, 0.717) is 11.8 Å². The van der Waals surface area contributed by atoms with E-state index in [2.05, 4.69) is 22.8 Å². The minimum atomic E-state index is -1.02. The lowest BCUT2D eigenvalue weighted by molar-refractivity contribution is -0.137. The number of nitrogens with one attached hydrogen (secondary N) is 2. The molecule has 4 rings (SSSR count). The van der Waals surface area contributed by atoms with Crippen LogP contribution in [0, 0.1) is 0 Å². The quantitative estimate of drug-likeness (QED) is 0.496. The molecule has 2 aromatic rings. The fraction of sp³-hybridized carbons (Fsp3) is 0.423. The second-order valence-electron chi connectivity index (χ2n) is 8.69. The minimum Gasteiger partial charge on any atom is -0.481 e. The molecule has 3 N–H and O–H groups in total. The van der Waals surface area contributed by atoms with Crippen LogP contribution in [0.25, 0.3) is 11.1 Å². The van der Waals surface area contributed by atoms with Gasteiger partial charge in [-0.15, -0.1) is 0 Å². The normalized spacial score (nSPS) is 17.8. The van der Waals surface area contributed by atoms with Gasteiger partial charge in [0.1, 0.15) is 12.6 Å². The van der Waals surface area contributed by atoms with Gasteiger partial charge in [-0.1, -0.05) is 55.0 Å². The summed E-state index contributed by atoms with van der Waals surface area (Å²) in [5, 5.41) is 14.9. The summed E-state index contributed by atoms with van der Waals surface area (Å²) in [6.45, 7) is 0.644. The summed E-state index contributed by atoms with van der Waals surface area (Å²) in [5.74, 6) is -0.398. The number of thioether (sulfide) groups is 1. The molecular formula is C26H30N2O5S. The molecule has 7 nitrogen and oxygen atoms in total. The zero-order valence-corrected chi connectivity index (χ0v) is 19.8. The van der Waals surface area contributed by atoms with Gasteiger partial charge in [-0.25, -0.2) is 4.79 Å². The Balaban J connectivity index is 1.36. The number of hydrogen-bond donors (Lipinski definition) is 3. The van der Waals surface area contributed by atoms with Crippen LogP contribution in [0.2, 0.25) is 0 Å². The molecule has 34 heavy (non-hydrogen) atoms. The molecule has 0 aromatic heterocycles. The molecule has 1 saturated heterocycles. The van der Waals surface area contributed by atoms with Crippen molar-refractivity contribution in [3.63, 3.8) is 0 Å². The third-order valence-corrected chi connectivity index (χ3v) is 7.78. The van der Waals surface area contributed by atoms with Crippen LogP contribution in [0.5, 0.6) is 0 Å². The fourth-order valence-corrected chi connectivity index (χ4v) is 5.86. The summed E-state index contributed by atoms with van der Waals surface area (Å²) in [6, 6.07) is 15.1. The van der Waals surface area contributed by atoms with Crippen LogP contribution < -0.4 is 10.6 Å². The number of amides is 2. The average molecular weight is 483 g/mol. The van der Waals surface area contributed by atoms with Crippen molar-refractivity contribution in [2.24, 2.45) is 0 Å². The molecule has 2 aliphatic rings. The highest BCUT2D eigenvalue weighted by atomic mass is 32.2. The molecule has 2 amide bonds. The highest BCUT2D eigenvalue weighted by molar-refractivity contribution is 7.99. The highest BCUT2D eigenvalue weighted by Crippen LogP contribution is 2.44. The number of benzene rings is 2. The van der Waals surface area contributed by atoms with Crippen molar-refractivity contribution < 1.29 is 24.2 Å². The molecule has 2 unspecified atom stereocenters. The van der Waals surface area contributed by atoms with Gasteiger partial charge in [0.2, 0.25) is 5.91 Å². The van der Waals surface area contributed by atoms with Crippen molar-refractivity contribution in [1.82, 2.24) is 10.6 Å². The molecule has 2 aromatic carbocycles. The van der Waals surface area contributed by atoms with Gasteiger partial charge in [0.25, 0.3) is 0 Å². The fourth-order valence-electron chi connectivity index (χ4n) is 4.62. The van der Waals surface area contributed by atoms with Gasteiger partial charge in [-0.2, -0.15) is 11.8 Å². The second kappa shape index (κ2) is 11.4. The van der Waals surface area contributed by atoms with Crippen molar-refractivity contribution in [1.29, 1.82) is 0 Å². The molecule has 180 valence electrons. The van der Waals surface area contributed by atoms with Crippen LogP contribution in [0.4, 0.5) is 4.79 Å². The largest absolute Gasteiger partial charge is 0.481 e. The summed E-state index contributed by atoms with van der Waals surface area (Å²) in [5.41, 5.74) is 4.46. The molecule has 0 saturated carbocycles. The first-order chi connectivity index (χ1) is 16.5. The van der Waals surface area contributed by atoms with Crippen LogP contribution in [-0.2, 0) is 14.3 Å². The summed E-state index contributed by atoms with van der Waals surface area (Å²) in [7, 11) is 0. The first-order valence-corrected chi connectivity index (χ1v) is 12.8. The number of carboxylic acids is 1. The maximum atomic E-state index is 12.7. The third kappa shape index (κ3) is 5.91. The molecule has 1 aliphatic carbocycles. The Hall–Kier alpha value is -3.00. The predicted octanol–water partition coefficient (Wildman–Crippen LogP) is 4.16. The molecular weight excluding hydrogens is 452 g/mol. The van der Waals surface area contributed by atoms with E-state index in [9.17, 15) is 14.4 Å². The van der Waals surface area contributed by atoms with E-state index in [1.807, 2.05) is 48.2 Å². The lowest BCUT2D eigenvalue weighted by Gasteiger charge is -2.23. The van der Waals surface area contributed by atoms with Gasteiger partial charge in [-0.05, 0) is 47.3 Å². The molecule has 1 fully saturated rings. The third-order valence-electron chi connectivity index (χ3n) is 6.38. The van der Waals surface area contributed by atoms with E-state index in [-0.39, 0.29) is 31.3 Å². The van der Waals surface area contributed by atoms with Gasteiger partial charge < -0.3 is 20.5 Å². The van der Waals surface area contributed by atoms with Crippen molar-refractivity contribution in [3.8, 4) is 11.1 Å². The van der Waals surface area contributed by atoms with Gasteiger partial charge in [0.05, 0.1) is 0 Å². The van der Waals surface area contributed by atoms with Crippen molar-refractivity contribution in [2.45, 2.75) is 49.3 Å². The average Bonchev–Trinajstić information content (AvgIpc) is 3.18. The number of carboxylic acid groups (broad SMARTS) is 1. The van der Waals surface area contributed by atoms with Gasteiger partial charge in [-0.3, -0.25) is 9.59 Å². The zero-order chi connectivity index (χ0) is 23.9. The first kappa shape index (κ1) is 24.1. The monoisotopic (exact) mass is 482 g/mol. The molecule has 0 bridgehead atoms. The number of carbonyl (C=O) groups excluding carboxylic acids is 2. The Labute approximate surface area is 203 Å². The Bertz CT molecular complexity index is 992. The van der Waals surface area contributed by atoms with Crippen LogP contribution >= 0.6 is 11.8 Å². The highest BCUT2D eigenvalue weighted by Gasteiger charge is 2.30. The SMILES string of the molecule is O=C(O)CCC(NC(=O)OCC1c2ccccc2-c2ccccc21)C(=O)NCC1CCCCS1. The maximum Gasteiger partial charge on any atom is 0.407 e. The van der Waals surface area contributed by atoms with Crippen LogP contribution in [0.15, 0.2) is 48.5 Å². The number of fused-ring (bicyclic) bond motifs is 3. The zero-order valence-electron chi connectivity index (χ0n) is 19.0. The van der Waals surface area contributed by atoms with Crippen molar-refractivity contribution >= 4 is 29.7 Å². The van der Waals surface area contributed by atoms with Gasteiger partial charge >= 0.3 is 12.1 Å². The predicted molar refractivity (Wildman–Crippen MR) is 132 cm³/mol. The van der Waals surface area contributed by atoms with Crippen molar-refractivity contribution in [3.05, 3.63) is 59.7 Å². The van der Waals surface area contributed by atoms with Crippen LogP contribution in [0.3, 0.4) is 0 Å². The summed E-state index contributed by atoms with van der Waals surface area (Å²) < 4.78 is 5.54. The number of hydrogen-bond acceptors (Lipinski definition) is 5. The molecule has 1 heterocycles. The number of ether oxygens (including phenoxy) is 1. The van der Waals surface area contributed by atoms with E-state index >= 15 is 0 Å². The molecule has 0 radical (unpaired) electrons. The lowest BCUT2D eigenvalue weighted by Crippen LogP contribution is -2.48. The van der Waals surface area contributed by atoms with Gasteiger partial charge in [0.15, 0.2) is 0 Å². The van der Waals surface area contributed by atoms with E-state index in [1.54, 1.807) is 0 Å². The standard InChI is InChI=1S/C26H30N2O5S/c29-24(30)13-12-23(25(31)27-15-17-7-5-6-14-34-17)28-26(32)33-16-22-20-10-3-1-8-18(20)19-9-2-4-11-21(19)22/h1-4,8-11,17,22-23H,5-7,12-16H2,(H,27,31)(H,28,32)(H,29,30). The number of carbonyl (C=O) groups is 3. The lowest BCUT2D eigenvalue weighted by atomic mass is 9.98. The summed E-state index contributed by atoms with van der Waals surface area (Å²) in [4.78, 5) is 36.4. The van der Waals surface area contributed by atoms with E-state index in [1.165, 1.54) is 6.42 Å². The number of alkyl carbamates (subject to hydrolysis) is 1. The summed E-state index contributed by atoms with van der Waals surface area (Å²) in [6.07, 6.45) is 2.45. The minimum absolute atomic E-state index is 0.00315. The van der Waals surface area contributed by atoms with Crippen LogP contribution in [-0.4, -0.2) is 53.3 Å². The molecule has 1 aliphatic heterocycles. The second-order valence-corrected chi connectivity index (χ2v) is 10.1. The van der Waals surface area contributed by atoms with E-state index < -0.39 is 18.1 Å². The molecule has 8 heteroatoms.